The van der Waals surface area contributed by atoms with Gasteiger partial charge in [0.25, 0.3) is 0 Å². The molecule has 1 amide bonds. The Morgan fingerprint density at radius 3 is 2.72 bits per heavy atom. The summed E-state index contributed by atoms with van der Waals surface area (Å²) in [6, 6.07) is 14.2. The number of aliphatic hydroxyl groups excluding tert-OH is 1. The Labute approximate surface area is 145 Å². The van der Waals surface area contributed by atoms with Crippen LogP contribution in [-0.2, 0) is 11.2 Å². The molecule has 0 radical (unpaired) electrons. The fourth-order valence-corrected chi connectivity index (χ4v) is 2.96. The number of amides is 1. The lowest BCUT2D eigenvalue weighted by Crippen LogP contribution is -2.35. The van der Waals surface area contributed by atoms with Gasteiger partial charge in [0, 0.05) is 29.1 Å². The number of hydrogen-bond donors (Lipinski definition) is 3. The van der Waals surface area contributed by atoms with Gasteiger partial charge >= 0.3 is 0 Å². The normalized spacial score (nSPS) is 12.3. The average molecular weight is 340 g/mol. The van der Waals surface area contributed by atoms with Gasteiger partial charge in [-0.05, 0) is 42.7 Å². The number of hydrogen-bond acceptors (Lipinski definition) is 2. The molecule has 2 aromatic carbocycles. The van der Waals surface area contributed by atoms with Gasteiger partial charge < -0.3 is 15.4 Å². The van der Waals surface area contributed by atoms with Gasteiger partial charge in [-0.2, -0.15) is 0 Å². The van der Waals surface area contributed by atoms with Crippen LogP contribution in [0, 0.1) is 5.82 Å². The number of H-pyrrole nitrogens is 1. The molecule has 0 spiro atoms. The number of aliphatic hydroxyl groups is 1. The first kappa shape index (κ1) is 17.2. The maximum atomic E-state index is 13.7. The van der Waals surface area contributed by atoms with Crippen molar-refractivity contribution in [3.05, 3.63) is 59.9 Å². The van der Waals surface area contributed by atoms with Gasteiger partial charge in [0.1, 0.15) is 5.82 Å². The van der Waals surface area contributed by atoms with Crippen molar-refractivity contribution in [2.75, 3.05) is 6.61 Å². The zero-order valence-corrected chi connectivity index (χ0v) is 14.1. The van der Waals surface area contributed by atoms with E-state index in [0.717, 1.165) is 27.7 Å². The van der Waals surface area contributed by atoms with E-state index in [9.17, 15) is 9.18 Å². The van der Waals surface area contributed by atoms with Crippen molar-refractivity contribution >= 4 is 16.8 Å². The Bertz CT molecular complexity index is 874. The second-order valence-corrected chi connectivity index (χ2v) is 6.19. The van der Waals surface area contributed by atoms with E-state index in [1.54, 1.807) is 13.0 Å². The maximum Gasteiger partial charge on any atom is 0.220 e. The third-order valence-corrected chi connectivity index (χ3v) is 4.21. The van der Waals surface area contributed by atoms with E-state index in [-0.39, 0.29) is 30.8 Å². The Morgan fingerprint density at radius 2 is 2.00 bits per heavy atom. The molecule has 3 aromatic rings. The summed E-state index contributed by atoms with van der Waals surface area (Å²) in [6.45, 7) is 1.65. The molecule has 1 atom stereocenters. The molecule has 3 N–H and O–H groups in total. The summed E-state index contributed by atoms with van der Waals surface area (Å²) in [6.07, 6.45) is 0.755. The molecule has 0 aliphatic heterocycles. The topological polar surface area (TPSA) is 65.1 Å². The molecular weight excluding hydrogens is 319 g/mol. The summed E-state index contributed by atoms with van der Waals surface area (Å²) in [4.78, 5) is 15.4. The fourth-order valence-electron chi connectivity index (χ4n) is 2.96. The molecule has 1 unspecified atom stereocenters. The molecule has 130 valence electrons. The molecule has 25 heavy (non-hydrogen) atoms. The number of rotatable bonds is 6. The third kappa shape index (κ3) is 3.88. The van der Waals surface area contributed by atoms with E-state index < -0.39 is 0 Å². The Hall–Kier alpha value is -2.66. The van der Waals surface area contributed by atoms with E-state index in [1.165, 1.54) is 12.1 Å². The molecule has 3 rings (SSSR count). The lowest BCUT2D eigenvalue weighted by atomic mass is 10.0. The highest BCUT2D eigenvalue weighted by atomic mass is 19.1. The van der Waals surface area contributed by atoms with Gasteiger partial charge in [0.05, 0.1) is 6.61 Å². The van der Waals surface area contributed by atoms with Crippen LogP contribution in [0.3, 0.4) is 0 Å². The van der Waals surface area contributed by atoms with Crippen LogP contribution in [-0.4, -0.2) is 28.6 Å². The molecule has 0 aliphatic rings. The van der Waals surface area contributed by atoms with Gasteiger partial charge in [-0.1, -0.05) is 30.3 Å². The minimum absolute atomic E-state index is 0.0979. The number of carbonyl (C=O) groups is 1. The number of fused-ring (bicyclic) bond motifs is 1. The standard InChI is InChI=1S/C20H21FN2O2/c1-13(12-24)22-19(25)10-8-16-17-11-15(21)7-9-18(17)23-20(16)14-5-3-2-4-6-14/h2-7,9,11,13,23-24H,8,10,12H2,1H3,(H,22,25). The van der Waals surface area contributed by atoms with Crippen LogP contribution in [0.5, 0.6) is 0 Å². The molecule has 4 nitrogen and oxygen atoms in total. The first-order chi connectivity index (χ1) is 12.1. The molecule has 5 heteroatoms. The van der Waals surface area contributed by atoms with Crippen LogP contribution in [0.25, 0.3) is 22.2 Å². The zero-order valence-electron chi connectivity index (χ0n) is 14.1. The smallest absolute Gasteiger partial charge is 0.220 e. The van der Waals surface area contributed by atoms with Crippen molar-refractivity contribution in [1.29, 1.82) is 0 Å². The molecular formula is C20H21FN2O2. The van der Waals surface area contributed by atoms with E-state index >= 15 is 0 Å². The molecule has 0 bridgehead atoms. The number of aromatic nitrogens is 1. The predicted octanol–water partition coefficient (Wildman–Crippen LogP) is 3.40. The molecule has 1 heterocycles. The van der Waals surface area contributed by atoms with Crippen LogP contribution in [0.4, 0.5) is 4.39 Å². The summed E-state index contributed by atoms with van der Waals surface area (Å²) >= 11 is 0. The predicted molar refractivity (Wildman–Crippen MR) is 96.7 cm³/mol. The highest BCUT2D eigenvalue weighted by molar-refractivity contribution is 5.91. The highest BCUT2D eigenvalue weighted by Gasteiger charge is 2.15. The first-order valence-electron chi connectivity index (χ1n) is 8.34. The third-order valence-electron chi connectivity index (χ3n) is 4.21. The van der Waals surface area contributed by atoms with Gasteiger partial charge in [0.2, 0.25) is 5.91 Å². The van der Waals surface area contributed by atoms with Crippen molar-refractivity contribution in [3.63, 3.8) is 0 Å². The van der Waals surface area contributed by atoms with Gasteiger partial charge in [0.15, 0.2) is 0 Å². The minimum atomic E-state index is -0.300. The Balaban J connectivity index is 1.94. The number of benzene rings is 2. The average Bonchev–Trinajstić information content (AvgIpc) is 2.98. The fraction of sp³-hybridized carbons (Fsp3) is 0.250. The van der Waals surface area contributed by atoms with Gasteiger partial charge in [-0.25, -0.2) is 4.39 Å². The van der Waals surface area contributed by atoms with E-state index in [2.05, 4.69) is 10.3 Å². The van der Waals surface area contributed by atoms with Crippen molar-refractivity contribution in [1.82, 2.24) is 10.3 Å². The second kappa shape index (κ2) is 7.49. The van der Waals surface area contributed by atoms with Gasteiger partial charge in [-0.3, -0.25) is 4.79 Å². The molecule has 1 aromatic heterocycles. The van der Waals surface area contributed by atoms with E-state index in [4.69, 9.17) is 5.11 Å². The van der Waals surface area contributed by atoms with Gasteiger partial charge in [-0.15, -0.1) is 0 Å². The Morgan fingerprint density at radius 1 is 1.24 bits per heavy atom. The zero-order chi connectivity index (χ0) is 17.8. The van der Waals surface area contributed by atoms with Crippen molar-refractivity contribution in [2.24, 2.45) is 0 Å². The largest absolute Gasteiger partial charge is 0.394 e. The molecule has 0 saturated heterocycles. The number of carbonyl (C=O) groups excluding carboxylic acids is 1. The van der Waals surface area contributed by atoms with Crippen LogP contribution in [0.15, 0.2) is 48.5 Å². The highest BCUT2D eigenvalue weighted by Crippen LogP contribution is 2.31. The summed E-state index contributed by atoms with van der Waals surface area (Å²) < 4.78 is 13.7. The quantitative estimate of drug-likeness (QED) is 0.644. The SMILES string of the molecule is CC(CO)NC(=O)CCc1c(-c2ccccc2)[nH]c2ccc(F)cc12. The summed E-state index contributed by atoms with van der Waals surface area (Å²) in [5, 5.41) is 12.6. The van der Waals surface area contributed by atoms with Crippen LogP contribution in [0.1, 0.15) is 18.9 Å². The number of halogens is 1. The first-order valence-corrected chi connectivity index (χ1v) is 8.34. The number of aryl methyl sites for hydroxylation is 1. The minimum Gasteiger partial charge on any atom is -0.394 e. The monoisotopic (exact) mass is 340 g/mol. The maximum absolute atomic E-state index is 13.7. The Kier molecular flexibility index (Phi) is 5.14. The summed E-state index contributed by atoms with van der Waals surface area (Å²) in [5.41, 5.74) is 3.68. The molecule has 0 saturated carbocycles. The van der Waals surface area contributed by atoms with Crippen molar-refractivity contribution in [2.45, 2.75) is 25.8 Å². The van der Waals surface area contributed by atoms with Crippen molar-refractivity contribution in [3.8, 4) is 11.3 Å². The summed E-state index contributed by atoms with van der Waals surface area (Å²) in [7, 11) is 0. The lowest BCUT2D eigenvalue weighted by molar-refractivity contribution is -0.121. The summed E-state index contributed by atoms with van der Waals surface area (Å²) in [5.74, 6) is -0.433. The van der Waals surface area contributed by atoms with E-state index in [0.29, 0.717) is 6.42 Å². The van der Waals surface area contributed by atoms with Crippen molar-refractivity contribution < 1.29 is 14.3 Å². The van der Waals surface area contributed by atoms with Crippen LogP contribution < -0.4 is 5.32 Å². The second-order valence-electron chi connectivity index (χ2n) is 6.19. The van der Waals surface area contributed by atoms with Crippen LogP contribution >= 0.6 is 0 Å². The number of aromatic amines is 1. The number of nitrogens with one attached hydrogen (secondary N) is 2. The molecule has 0 fully saturated rings. The lowest BCUT2D eigenvalue weighted by Gasteiger charge is -2.11. The molecule has 0 aliphatic carbocycles. The van der Waals surface area contributed by atoms with E-state index in [1.807, 2.05) is 30.3 Å². The van der Waals surface area contributed by atoms with Crippen LogP contribution in [0.2, 0.25) is 0 Å².